The van der Waals surface area contributed by atoms with Gasteiger partial charge < -0.3 is 11.1 Å². The van der Waals surface area contributed by atoms with Crippen molar-refractivity contribution in [2.45, 2.75) is 39.4 Å². The number of carbonyl (C=O) groups is 1. The van der Waals surface area contributed by atoms with Gasteiger partial charge in [0.2, 0.25) is 5.91 Å². The lowest BCUT2D eigenvalue weighted by Crippen LogP contribution is -2.45. The van der Waals surface area contributed by atoms with Crippen LogP contribution in [-0.4, -0.2) is 12.5 Å². The first-order valence-corrected chi connectivity index (χ1v) is 6.93. The molecular formula is C15H21F3N2O. The summed E-state index contributed by atoms with van der Waals surface area (Å²) in [7, 11) is 0. The van der Waals surface area contributed by atoms with Crippen molar-refractivity contribution in [2.75, 3.05) is 6.54 Å². The molecule has 0 fully saturated rings. The van der Waals surface area contributed by atoms with Crippen LogP contribution in [0.1, 0.15) is 37.8 Å². The van der Waals surface area contributed by atoms with Gasteiger partial charge in [0.15, 0.2) is 0 Å². The second-order valence-electron chi connectivity index (χ2n) is 5.07. The lowest BCUT2D eigenvalue weighted by atomic mass is 9.81. The number of carbonyl (C=O) groups excluding carboxylic acids is 1. The Bertz CT molecular complexity index is 474. The monoisotopic (exact) mass is 302 g/mol. The molecule has 1 aromatic carbocycles. The van der Waals surface area contributed by atoms with Crippen LogP contribution in [0, 0.1) is 5.41 Å². The normalized spacial score (nSPS) is 12.3. The van der Waals surface area contributed by atoms with Gasteiger partial charge in [-0.25, -0.2) is 0 Å². The van der Waals surface area contributed by atoms with Crippen molar-refractivity contribution in [3.63, 3.8) is 0 Å². The highest BCUT2D eigenvalue weighted by Gasteiger charge is 2.33. The van der Waals surface area contributed by atoms with Crippen molar-refractivity contribution in [3.05, 3.63) is 35.4 Å². The topological polar surface area (TPSA) is 55.1 Å². The van der Waals surface area contributed by atoms with E-state index in [1.807, 2.05) is 13.8 Å². The number of hydrogen-bond acceptors (Lipinski definition) is 2. The minimum Gasteiger partial charge on any atom is -0.352 e. The molecule has 0 aliphatic rings. The van der Waals surface area contributed by atoms with E-state index < -0.39 is 17.2 Å². The van der Waals surface area contributed by atoms with E-state index >= 15 is 0 Å². The van der Waals surface area contributed by atoms with Gasteiger partial charge in [0.1, 0.15) is 0 Å². The van der Waals surface area contributed by atoms with Crippen LogP contribution < -0.4 is 11.1 Å². The van der Waals surface area contributed by atoms with Crippen LogP contribution in [0.3, 0.4) is 0 Å². The molecule has 118 valence electrons. The van der Waals surface area contributed by atoms with Crippen molar-refractivity contribution >= 4 is 5.91 Å². The van der Waals surface area contributed by atoms with Crippen LogP contribution >= 0.6 is 0 Å². The lowest BCUT2D eigenvalue weighted by molar-refractivity contribution is -0.137. The van der Waals surface area contributed by atoms with Gasteiger partial charge in [-0.2, -0.15) is 13.2 Å². The fraction of sp³-hybridized carbons (Fsp3) is 0.533. The number of amides is 1. The molecule has 1 amide bonds. The van der Waals surface area contributed by atoms with E-state index in [-0.39, 0.29) is 19.0 Å². The first-order valence-electron chi connectivity index (χ1n) is 6.93. The SMILES string of the molecule is CCC(CC)(CN)C(=O)NCc1cccc(C(F)(F)F)c1. The van der Waals surface area contributed by atoms with Crippen molar-refractivity contribution in [3.8, 4) is 0 Å². The molecule has 0 unspecified atom stereocenters. The van der Waals surface area contributed by atoms with Gasteiger partial charge in [-0.15, -0.1) is 0 Å². The predicted octanol–water partition coefficient (Wildman–Crippen LogP) is 3.09. The van der Waals surface area contributed by atoms with Crippen LogP contribution in [0.15, 0.2) is 24.3 Å². The number of halogens is 3. The van der Waals surface area contributed by atoms with Gasteiger partial charge in [-0.3, -0.25) is 4.79 Å². The maximum Gasteiger partial charge on any atom is 0.416 e. The summed E-state index contributed by atoms with van der Waals surface area (Å²) in [6.45, 7) is 4.03. The summed E-state index contributed by atoms with van der Waals surface area (Å²) in [4.78, 5) is 12.2. The number of benzene rings is 1. The summed E-state index contributed by atoms with van der Waals surface area (Å²) in [6, 6.07) is 4.94. The number of alkyl halides is 3. The van der Waals surface area contributed by atoms with Crippen molar-refractivity contribution in [2.24, 2.45) is 11.1 Å². The lowest BCUT2D eigenvalue weighted by Gasteiger charge is -2.28. The first-order chi connectivity index (χ1) is 9.79. The molecule has 0 spiro atoms. The minimum atomic E-state index is -4.38. The number of rotatable bonds is 6. The summed E-state index contributed by atoms with van der Waals surface area (Å²) in [5, 5.41) is 2.69. The van der Waals surface area contributed by atoms with Gasteiger partial charge in [0.25, 0.3) is 0 Å². The Labute approximate surface area is 122 Å². The highest BCUT2D eigenvalue weighted by molar-refractivity contribution is 5.82. The third-order valence-corrected chi connectivity index (χ3v) is 3.93. The molecule has 0 heterocycles. The molecule has 3 nitrogen and oxygen atoms in total. The van der Waals surface area contributed by atoms with Crippen molar-refractivity contribution in [1.82, 2.24) is 5.32 Å². The molecule has 0 saturated heterocycles. The van der Waals surface area contributed by atoms with E-state index in [2.05, 4.69) is 5.32 Å². The van der Waals surface area contributed by atoms with Crippen LogP contribution in [0.4, 0.5) is 13.2 Å². The number of nitrogens with one attached hydrogen (secondary N) is 1. The fourth-order valence-corrected chi connectivity index (χ4v) is 2.18. The fourth-order valence-electron chi connectivity index (χ4n) is 2.18. The summed E-state index contributed by atoms with van der Waals surface area (Å²) in [5.41, 5.74) is 4.72. The molecule has 1 aromatic rings. The van der Waals surface area contributed by atoms with E-state index in [1.54, 1.807) is 6.07 Å². The summed E-state index contributed by atoms with van der Waals surface area (Å²) in [5.74, 6) is -0.215. The smallest absolute Gasteiger partial charge is 0.352 e. The average Bonchev–Trinajstić information content (AvgIpc) is 2.47. The van der Waals surface area contributed by atoms with Crippen LogP contribution in [0.25, 0.3) is 0 Å². The second-order valence-corrected chi connectivity index (χ2v) is 5.07. The molecule has 0 atom stereocenters. The third-order valence-electron chi connectivity index (χ3n) is 3.93. The van der Waals surface area contributed by atoms with Crippen LogP contribution in [0.2, 0.25) is 0 Å². The molecule has 1 rings (SSSR count). The Balaban J connectivity index is 2.78. The third kappa shape index (κ3) is 4.20. The molecule has 6 heteroatoms. The molecule has 21 heavy (non-hydrogen) atoms. The minimum absolute atomic E-state index is 0.0600. The highest BCUT2D eigenvalue weighted by Crippen LogP contribution is 2.29. The molecule has 0 aromatic heterocycles. The maximum atomic E-state index is 12.6. The van der Waals surface area contributed by atoms with Gasteiger partial charge in [0, 0.05) is 13.1 Å². The summed E-state index contributed by atoms with van der Waals surface area (Å²) >= 11 is 0. The van der Waals surface area contributed by atoms with E-state index in [9.17, 15) is 18.0 Å². The Morgan fingerprint density at radius 1 is 1.24 bits per heavy atom. The van der Waals surface area contributed by atoms with Gasteiger partial charge >= 0.3 is 6.18 Å². The highest BCUT2D eigenvalue weighted by atomic mass is 19.4. The Kier molecular flexibility index (Phi) is 5.78. The molecular weight excluding hydrogens is 281 g/mol. The van der Waals surface area contributed by atoms with E-state index in [1.165, 1.54) is 6.07 Å². The molecule has 0 saturated carbocycles. The zero-order valence-corrected chi connectivity index (χ0v) is 12.3. The molecule has 0 aliphatic heterocycles. The standard InChI is InChI=1S/C15H21F3N2O/c1-3-14(4-2,10-19)13(21)20-9-11-6-5-7-12(8-11)15(16,17)18/h5-8H,3-4,9-10,19H2,1-2H3,(H,20,21). The summed E-state index contributed by atoms with van der Waals surface area (Å²) < 4.78 is 37.8. The van der Waals surface area contributed by atoms with Crippen molar-refractivity contribution in [1.29, 1.82) is 0 Å². The van der Waals surface area contributed by atoms with Crippen LogP contribution in [-0.2, 0) is 17.5 Å². The number of hydrogen-bond donors (Lipinski definition) is 2. The Morgan fingerprint density at radius 2 is 1.86 bits per heavy atom. The zero-order chi connectivity index (χ0) is 16.1. The largest absolute Gasteiger partial charge is 0.416 e. The Hall–Kier alpha value is -1.56. The second kappa shape index (κ2) is 6.93. The quantitative estimate of drug-likeness (QED) is 0.848. The Morgan fingerprint density at radius 3 is 2.33 bits per heavy atom. The van der Waals surface area contributed by atoms with Crippen LogP contribution in [0.5, 0.6) is 0 Å². The molecule has 3 N–H and O–H groups in total. The van der Waals surface area contributed by atoms with Gasteiger partial charge in [0.05, 0.1) is 11.0 Å². The first kappa shape index (κ1) is 17.5. The van der Waals surface area contributed by atoms with E-state index in [0.29, 0.717) is 18.4 Å². The predicted molar refractivity (Wildman–Crippen MR) is 75.4 cm³/mol. The molecule has 0 radical (unpaired) electrons. The zero-order valence-electron chi connectivity index (χ0n) is 12.3. The van der Waals surface area contributed by atoms with Gasteiger partial charge in [-0.1, -0.05) is 26.0 Å². The summed E-state index contributed by atoms with van der Waals surface area (Å²) in [6.07, 6.45) is -3.20. The van der Waals surface area contributed by atoms with Crippen molar-refractivity contribution < 1.29 is 18.0 Å². The van der Waals surface area contributed by atoms with E-state index in [4.69, 9.17) is 5.73 Å². The van der Waals surface area contributed by atoms with E-state index in [0.717, 1.165) is 12.1 Å². The molecule has 0 aliphatic carbocycles. The number of nitrogens with two attached hydrogens (primary N) is 1. The van der Waals surface area contributed by atoms with Gasteiger partial charge in [-0.05, 0) is 30.5 Å². The molecule has 0 bridgehead atoms. The average molecular weight is 302 g/mol. The maximum absolute atomic E-state index is 12.6.